The maximum absolute atomic E-state index is 12.8. The molecule has 0 radical (unpaired) electrons. The number of fused-ring (bicyclic) bond motifs is 1. The Balaban J connectivity index is 1.48. The third kappa shape index (κ3) is 4.76. The molecule has 2 aromatic carbocycles. The van der Waals surface area contributed by atoms with Gasteiger partial charge in [-0.05, 0) is 61.4 Å². The van der Waals surface area contributed by atoms with Crippen LogP contribution in [0.1, 0.15) is 27.2 Å². The molecule has 4 rings (SSSR count). The number of nitrogens with one attached hydrogen (secondary N) is 2. The van der Waals surface area contributed by atoms with E-state index in [2.05, 4.69) is 15.0 Å². The maximum atomic E-state index is 12.8. The van der Waals surface area contributed by atoms with E-state index >= 15 is 0 Å². The zero-order valence-corrected chi connectivity index (χ0v) is 19.0. The minimum absolute atomic E-state index is 0.208. The molecule has 7 nitrogen and oxygen atoms in total. The van der Waals surface area contributed by atoms with Gasteiger partial charge < -0.3 is 9.72 Å². The number of amides is 1. The molecule has 0 aliphatic heterocycles. The van der Waals surface area contributed by atoms with Gasteiger partial charge >= 0.3 is 0 Å². The molecule has 0 aliphatic rings. The first-order valence-corrected chi connectivity index (χ1v) is 11.7. The van der Waals surface area contributed by atoms with Crippen LogP contribution in [0.15, 0.2) is 71.9 Å². The summed E-state index contributed by atoms with van der Waals surface area (Å²) >= 11 is 5.98. The van der Waals surface area contributed by atoms with Gasteiger partial charge in [-0.2, -0.15) is 0 Å². The minimum Gasteiger partial charge on any atom is -0.346 e. The van der Waals surface area contributed by atoms with Crippen molar-refractivity contribution >= 4 is 38.9 Å². The second kappa shape index (κ2) is 8.64. The van der Waals surface area contributed by atoms with Gasteiger partial charge in [-0.1, -0.05) is 29.8 Å². The molecule has 164 valence electrons. The van der Waals surface area contributed by atoms with Crippen LogP contribution in [0.4, 0.5) is 5.69 Å². The molecule has 0 saturated heterocycles. The molecule has 2 heterocycles. The Morgan fingerprint density at radius 1 is 1.06 bits per heavy atom. The summed E-state index contributed by atoms with van der Waals surface area (Å²) in [6, 6.07) is 15.1. The number of anilines is 1. The highest BCUT2D eigenvalue weighted by molar-refractivity contribution is 7.92. The monoisotopic (exact) mass is 468 g/mol. The van der Waals surface area contributed by atoms with Crippen LogP contribution in [0.5, 0.6) is 0 Å². The van der Waals surface area contributed by atoms with Gasteiger partial charge in [0.05, 0.1) is 22.2 Å². The second-order valence-corrected chi connectivity index (χ2v) is 9.57. The van der Waals surface area contributed by atoms with E-state index in [-0.39, 0.29) is 17.3 Å². The molecule has 0 spiro atoms. The first kappa shape index (κ1) is 21.9. The van der Waals surface area contributed by atoms with Crippen molar-refractivity contribution in [2.45, 2.75) is 25.3 Å². The molecule has 32 heavy (non-hydrogen) atoms. The van der Waals surface area contributed by atoms with Gasteiger partial charge in [-0.15, -0.1) is 0 Å². The third-order valence-corrected chi connectivity index (χ3v) is 6.65. The fraction of sp³-hybridized carbons (Fsp3) is 0.130. The number of halogens is 1. The lowest BCUT2D eigenvalue weighted by molar-refractivity contribution is 0.0950. The van der Waals surface area contributed by atoms with Crippen LogP contribution in [0.25, 0.3) is 5.65 Å². The van der Waals surface area contributed by atoms with E-state index in [1.54, 1.807) is 66.2 Å². The smallest absolute Gasteiger partial charge is 0.262 e. The number of nitrogens with zero attached hydrogens (tertiary/aromatic N) is 2. The van der Waals surface area contributed by atoms with Crippen molar-refractivity contribution in [3.63, 3.8) is 0 Å². The lowest BCUT2D eigenvalue weighted by Gasteiger charge is -2.12. The largest absolute Gasteiger partial charge is 0.346 e. The number of hydrogen-bond acceptors (Lipinski definition) is 4. The Kier molecular flexibility index (Phi) is 5.90. The Morgan fingerprint density at radius 2 is 1.88 bits per heavy atom. The van der Waals surface area contributed by atoms with Crippen LogP contribution < -0.4 is 10.0 Å². The highest BCUT2D eigenvalue weighted by Crippen LogP contribution is 2.21. The molecule has 0 fully saturated rings. The molecule has 9 heteroatoms. The fourth-order valence-corrected chi connectivity index (χ4v) is 4.85. The van der Waals surface area contributed by atoms with Crippen LogP contribution in [-0.4, -0.2) is 23.7 Å². The van der Waals surface area contributed by atoms with Crippen molar-refractivity contribution in [2.24, 2.45) is 0 Å². The van der Waals surface area contributed by atoms with Crippen LogP contribution in [-0.2, 0) is 16.6 Å². The lowest BCUT2D eigenvalue weighted by atomic mass is 10.2. The van der Waals surface area contributed by atoms with Crippen molar-refractivity contribution in [1.82, 2.24) is 14.7 Å². The van der Waals surface area contributed by atoms with Crippen LogP contribution in [0.3, 0.4) is 0 Å². The average Bonchev–Trinajstić information content (AvgIpc) is 3.15. The number of rotatable bonds is 6. The first-order chi connectivity index (χ1) is 15.2. The average molecular weight is 469 g/mol. The van der Waals surface area contributed by atoms with E-state index in [9.17, 15) is 13.2 Å². The van der Waals surface area contributed by atoms with Gasteiger partial charge in [-0.3, -0.25) is 9.52 Å². The molecule has 0 atom stereocenters. The number of carbonyl (C=O) groups is 1. The van der Waals surface area contributed by atoms with E-state index in [0.29, 0.717) is 27.5 Å². The Labute approximate surface area is 191 Å². The predicted octanol–water partition coefficient (Wildman–Crippen LogP) is 4.34. The molecule has 0 bridgehead atoms. The normalized spacial score (nSPS) is 11.5. The van der Waals surface area contributed by atoms with Crippen molar-refractivity contribution in [2.75, 3.05) is 4.72 Å². The van der Waals surface area contributed by atoms with Gasteiger partial charge in [0.25, 0.3) is 15.9 Å². The highest BCUT2D eigenvalue weighted by atomic mass is 35.5. The molecule has 0 saturated carbocycles. The third-order valence-electron chi connectivity index (χ3n) is 4.91. The molecule has 2 N–H and O–H groups in total. The Bertz CT molecular complexity index is 1430. The van der Waals surface area contributed by atoms with Crippen LogP contribution >= 0.6 is 11.6 Å². The van der Waals surface area contributed by atoms with Gasteiger partial charge in [0.1, 0.15) is 5.65 Å². The molecule has 0 aliphatic carbocycles. The van der Waals surface area contributed by atoms with Crippen molar-refractivity contribution in [3.8, 4) is 0 Å². The molecular formula is C23H21ClN4O3S. The second-order valence-electron chi connectivity index (χ2n) is 7.48. The number of aryl methyl sites for hydroxylation is 2. The number of benzene rings is 2. The summed E-state index contributed by atoms with van der Waals surface area (Å²) in [5.74, 6) is -0.340. The summed E-state index contributed by atoms with van der Waals surface area (Å²) in [6.07, 6.45) is 3.52. The highest BCUT2D eigenvalue weighted by Gasteiger charge is 2.18. The summed E-state index contributed by atoms with van der Waals surface area (Å²) in [4.78, 5) is 17.3. The quantitative estimate of drug-likeness (QED) is 0.440. The lowest BCUT2D eigenvalue weighted by Crippen LogP contribution is -2.23. The summed E-state index contributed by atoms with van der Waals surface area (Å²) in [6.45, 7) is 3.79. The molecule has 0 unspecified atom stereocenters. The zero-order chi connectivity index (χ0) is 22.9. The van der Waals surface area contributed by atoms with E-state index in [4.69, 9.17) is 11.6 Å². The van der Waals surface area contributed by atoms with Crippen molar-refractivity contribution in [3.05, 3.63) is 94.4 Å². The van der Waals surface area contributed by atoms with E-state index in [1.165, 1.54) is 6.07 Å². The van der Waals surface area contributed by atoms with Gasteiger partial charge in [-0.25, -0.2) is 13.4 Å². The number of carbonyl (C=O) groups excluding carboxylic acids is 1. The molecule has 2 aromatic heterocycles. The number of imidazole rings is 1. The summed E-state index contributed by atoms with van der Waals surface area (Å²) in [7, 11) is -3.79. The van der Waals surface area contributed by atoms with Gasteiger partial charge in [0.2, 0.25) is 0 Å². The summed E-state index contributed by atoms with van der Waals surface area (Å²) in [5.41, 5.74) is 3.52. The maximum Gasteiger partial charge on any atom is 0.262 e. The first-order valence-electron chi connectivity index (χ1n) is 9.83. The van der Waals surface area contributed by atoms with Crippen molar-refractivity contribution < 1.29 is 13.2 Å². The topological polar surface area (TPSA) is 92.6 Å². The van der Waals surface area contributed by atoms with Gasteiger partial charge in [0.15, 0.2) is 0 Å². The fourth-order valence-electron chi connectivity index (χ4n) is 3.31. The Morgan fingerprint density at radius 3 is 2.69 bits per heavy atom. The number of hydrogen-bond donors (Lipinski definition) is 2. The molecular weight excluding hydrogens is 448 g/mol. The predicted molar refractivity (Wildman–Crippen MR) is 125 cm³/mol. The van der Waals surface area contributed by atoms with E-state index < -0.39 is 10.0 Å². The molecule has 4 aromatic rings. The summed E-state index contributed by atoms with van der Waals surface area (Å²) < 4.78 is 30.0. The van der Waals surface area contributed by atoms with Crippen LogP contribution in [0, 0.1) is 13.8 Å². The zero-order valence-electron chi connectivity index (χ0n) is 17.5. The van der Waals surface area contributed by atoms with E-state index in [1.807, 2.05) is 13.0 Å². The standard InChI is InChI=1S/C23H21ClN4O3S/c1-15-6-7-16(2)21(10-15)32(30,31)27-19-5-3-4-17(11-19)23(29)25-12-20-14-28-13-18(24)8-9-22(28)26-20/h3-11,13-14,27H,12H2,1-2H3,(H,25,29). The number of sulfonamides is 1. The summed E-state index contributed by atoms with van der Waals surface area (Å²) in [5, 5.41) is 3.39. The van der Waals surface area contributed by atoms with E-state index in [0.717, 1.165) is 11.2 Å². The molecule has 1 amide bonds. The minimum atomic E-state index is -3.79. The number of pyridine rings is 1. The van der Waals surface area contributed by atoms with Crippen LogP contribution in [0.2, 0.25) is 5.02 Å². The van der Waals surface area contributed by atoms with Gasteiger partial charge in [0, 0.05) is 23.6 Å². The number of aromatic nitrogens is 2. The SMILES string of the molecule is Cc1ccc(C)c(S(=O)(=O)Nc2cccc(C(=O)NCc3cn4cc(Cl)ccc4n3)c2)c1. The Hall–Kier alpha value is -3.36. The van der Waals surface area contributed by atoms with Crippen molar-refractivity contribution in [1.29, 1.82) is 0 Å².